The fraction of sp³-hybridized carbons (Fsp3) is 0.417. The van der Waals surface area contributed by atoms with E-state index in [9.17, 15) is 9.90 Å². The van der Waals surface area contributed by atoms with Crippen LogP contribution in [0, 0.1) is 0 Å². The average Bonchev–Trinajstić information content (AvgIpc) is 2.33. The van der Waals surface area contributed by atoms with Crippen LogP contribution in [0.2, 0.25) is 0 Å². The Balaban J connectivity index is 2.17. The van der Waals surface area contributed by atoms with Crippen molar-refractivity contribution >= 4 is 5.97 Å². The molecule has 0 atom stereocenters. The molecular weight excluding hydrogens is 222 g/mol. The van der Waals surface area contributed by atoms with Crippen LogP contribution in [0.3, 0.4) is 0 Å². The first kappa shape index (κ1) is 11.7. The highest BCUT2D eigenvalue weighted by molar-refractivity contribution is 5.78. The number of carbonyl (C=O) groups is 1. The van der Waals surface area contributed by atoms with Gasteiger partial charge in [0.25, 0.3) is 0 Å². The Hall–Kier alpha value is -1.75. The van der Waals surface area contributed by atoms with Crippen molar-refractivity contribution in [2.24, 2.45) is 0 Å². The molecule has 0 spiro atoms. The number of hydrogen-bond donors (Lipinski definition) is 3. The quantitative estimate of drug-likeness (QED) is 0.730. The van der Waals surface area contributed by atoms with Gasteiger partial charge >= 0.3 is 5.97 Å². The first-order chi connectivity index (χ1) is 8.12. The summed E-state index contributed by atoms with van der Waals surface area (Å²) in [5.41, 5.74) is -1.15. The lowest BCUT2D eigenvalue weighted by molar-refractivity contribution is -0.157. The van der Waals surface area contributed by atoms with Gasteiger partial charge in [-0.25, -0.2) is 4.79 Å². The molecule has 1 heterocycles. The van der Waals surface area contributed by atoms with E-state index in [-0.39, 0.29) is 5.75 Å². The van der Waals surface area contributed by atoms with Crippen LogP contribution in [0.1, 0.15) is 12.8 Å². The summed E-state index contributed by atoms with van der Waals surface area (Å²) in [5, 5.41) is 21.6. The van der Waals surface area contributed by atoms with Gasteiger partial charge in [0.1, 0.15) is 11.5 Å². The predicted molar refractivity (Wildman–Crippen MR) is 61.2 cm³/mol. The number of aromatic hydroxyl groups is 1. The molecule has 5 nitrogen and oxygen atoms in total. The smallest absolute Gasteiger partial charge is 0.348 e. The molecule has 0 bridgehead atoms. The van der Waals surface area contributed by atoms with Gasteiger partial charge in [0.15, 0.2) is 0 Å². The zero-order chi connectivity index (χ0) is 12.3. The van der Waals surface area contributed by atoms with Crippen LogP contribution >= 0.6 is 0 Å². The third kappa shape index (κ3) is 2.50. The van der Waals surface area contributed by atoms with Gasteiger partial charge in [0.2, 0.25) is 5.60 Å². The molecule has 1 aliphatic rings. The molecular formula is C12H15NO4. The third-order valence-electron chi connectivity index (χ3n) is 2.95. The summed E-state index contributed by atoms with van der Waals surface area (Å²) in [6.07, 6.45) is 0.867. The lowest BCUT2D eigenvalue weighted by atomic mass is 9.92. The van der Waals surface area contributed by atoms with E-state index in [2.05, 4.69) is 5.32 Å². The monoisotopic (exact) mass is 237 g/mol. The van der Waals surface area contributed by atoms with Gasteiger partial charge in [0.05, 0.1) is 0 Å². The molecule has 0 aliphatic carbocycles. The van der Waals surface area contributed by atoms with Gasteiger partial charge in [-0.05, 0) is 37.4 Å². The zero-order valence-electron chi connectivity index (χ0n) is 9.35. The largest absolute Gasteiger partial charge is 0.508 e. The highest BCUT2D eigenvalue weighted by atomic mass is 16.5. The average molecular weight is 237 g/mol. The standard InChI is InChI=1S/C12H15NO4/c14-9-1-3-10(4-2-9)17-12(11(15)16)5-7-13-8-6-12/h1-4,13-14H,5-8H2,(H,15,16). The molecule has 0 unspecified atom stereocenters. The number of carboxylic acid groups (broad SMARTS) is 1. The SMILES string of the molecule is O=C(O)C1(Oc2ccc(O)cc2)CCNCC1. The molecule has 2 rings (SSSR count). The fourth-order valence-electron chi connectivity index (χ4n) is 1.93. The molecule has 0 aromatic heterocycles. The van der Waals surface area contributed by atoms with Crippen molar-refractivity contribution < 1.29 is 19.7 Å². The van der Waals surface area contributed by atoms with Crippen molar-refractivity contribution in [2.45, 2.75) is 18.4 Å². The van der Waals surface area contributed by atoms with Crippen LogP contribution in [0.4, 0.5) is 0 Å². The summed E-state index contributed by atoms with van der Waals surface area (Å²) in [7, 11) is 0. The Morgan fingerprint density at radius 3 is 2.35 bits per heavy atom. The normalized spacial score (nSPS) is 18.6. The van der Waals surface area contributed by atoms with Crippen LogP contribution in [-0.4, -0.2) is 34.9 Å². The number of phenols is 1. The maximum Gasteiger partial charge on any atom is 0.348 e. The molecule has 0 radical (unpaired) electrons. The molecule has 5 heteroatoms. The number of rotatable bonds is 3. The zero-order valence-corrected chi connectivity index (χ0v) is 9.35. The van der Waals surface area contributed by atoms with Crippen molar-refractivity contribution in [3.8, 4) is 11.5 Å². The number of carboxylic acids is 1. The first-order valence-corrected chi connectivity index (χ1v) is 5.55. The number of ether oxygens (including phenoxy) is 1. The number of phenolic OH excluding ortho intramolecular Hbond substituents is 1. The predicted octanol–water partition coefficient (Wildman–Crippen LogP) is 0.978. The highest BCUT2D eigenvalue weighted by Gasteiger charge is 2.42. The summed E-state index contributed by atoms with van der Waals surface area (Å²) in [4.78, 5) is 11.3. The number of benzene rings is 1. The maximum absolute atomic E-state index is 11.3. The van der Waals surface area contributed by atoms with Crippen molar-refractivity contribution in [1.29, 1.82) is 0 Å². The number of aliphatic carboxylic acids is 1. The van der Waals surface area contributed by atoms with Crippen LogP contribution < -0.4 is 10.1 Å². The van der Waals surface area contributed by atoms with Crippen LogP contribution in [0.15, 0.2) is 24.3 Å². The van der Waals surface area contributed by atoms with E-state index in [4.69, 9.17) is 9.84 Å². The first-order valence-electron chi connectivity index (χ1n) is 5.55. The molecule has 0 amide bonds. The minimum atomic E-state index is -1.15. The third-order valence-corrected chi connectivity index (χ3v) is 2.95. The maximum atomic E-state index is 11.3. The summed E-state index contributed by atoms with van der Waals surface area (Å²) >= 11 is 0. The minimum Gasteiger partial charge on any atom is -0.508 e. The fourth-order valence-corrected chi connectivity index (χ4v) is 1.93. The van der Waals surface area contributed by atoms with Crippen molar-refractivity contribution in [3.05, 3.63) is 24.3 Å². The van der Waals surface area contributed by atoms with Gasteiger partial charge in [-0.3, -0.25) is 0 Å². The number of piperidine rings is 1. The molecule has 17 heavy (non-hydrogen) atoms. The van der Waals surface area contributed by atoms with E-state index >= 15 is 0 Å². The van der Waals surface area contributed by atoms with E-state index in [0.717, 1.165) is 0 Å². The topological polar surface area (TPSA) is 78.8 Å². The van der Waals surface area contributed by atoms with Crippen LogP contribution in [0.5, 0.6) is 11.5 Å². The lowest BCUT2D eigenvalue weighted by Gasteiger charge is -2.34. The van der Waals surface area contributed by atoms with Gasteiger partial charge in [0, 0.05) is 12.8 Å². The Bertz CT molecular complexity index is 395. The van der Waals surface area contributed by atoms with Gasteiger partial charge in [-0.2, -0.15) is 0 Å². The molecule has 1 saturated heterocycles. The van der Waals surface area contributed by atoms with Crippen molar-refractivity contribution in [1.82, 2.24) is 5.32 Å². The Kier molecular flexibility index (Phi) is 3.19. The lowest BCUT2D eigenvalue weighted by Crippen LogP contribution is -2.52. The van der Waals surface area contributed by atoms with Crippen LogP contribution in [0.25, 0.3) is 0 Å². The molecule has 1 aromatic carbocycles. The van der Waals surface area contributed by atoms with E-state index in [1.165, 1.54) is 12.1 Å². The van der Waals surface area contributed by atoms with E-state index < -0.39 is 11.6 Å². The molecule has 1 aliphatic heterocycles. The second-order valence-corrected chi connectivity index (χ2v) is 4.15. The summed E-state index contributed by atoms with van der Waals surface area (Å²) in [6, 6.07) is 6.10. The second-order valence-electron chi connectivity index (χ2n) is 4.15. The number of nitrogens with one attached hydrogen (secondary N) is 1. The molecule has 1 aromatic rings. The molecule has 0 saturated carbocycles. The van der Waals surface area contributed by atoms with E-state index in [1.54, 1.807) is 12.1 Å². The van der Waals surface area contributed by atoms with Gasteiger partial charge in [-0.1, -0.05) is 0 Å². The molecule has 3 N–H and O–H groups in total. The Morgan fingerprint density at radius 2 is 1.82 bits per heavy atom. The van der Waals surface area contributed by atoms with Crippen LogP contribution in [-0.2, 0) is 4.79 Å². The second kappa shape index (κ2) is 4.63. The summed E-state index contributed by atoms with van der Waals surface area (Å²) < 4.78 is 5.61. The minimum absolute atomic E-state index is 0.132. The van der Waals surface area contributed by atoms with Crippen molar-refractivity contribution in [3.63, 3.8) is 0 Å². The van der Waals surface area contributed by atoms with E-state index in [0.29, 0.717) is 31.7 Å². The van der Waals surface area contributed by atoms with Gasteiger partial charge in [-0.15, -0.1) is 0 Å². The van der Waals surface area contributed by atoms with Gasteiger partial charge < -0.3 is 20.3 Å². The highest BCUT2D eigenvalue weighted by Crippen LogP contribution is 2.27. The molecule has 92 valence electrons. The summed E-state index contributed by atoms with van der Waals surface area (Å²) in [5.74, 6) is -0.341. The van der Waals surface area contributed by atoms with Crippen molar-refractivity contribution in [2.75, 3.05) is 13.1 Å². The van der Waals surface area contributed by atoms with E-state index in [1.807, 2.05) is 0 Å². The Labute approximate surface area is 99.0 Å². The Morgan fingerprint density at radius 1 is 1.24 bits per heavy atom. The summed E-state index contributed by atoms with van der Waals surface area (Å²) in [6.45, 7) is 1.26. The molecule has 1 fully saturated rings. The number of hydrogen-bond acceptors (Lipinski definition) is 4.